The summed E-state index contributed by atoms with van der Waals surface area (Å²) in [4.78, 5) is 26.3. The number of ether oxygens (including phenoxy) is 1. The number of nitrogens with zero attached hydrogens (tertiary/aromatic N) is 5. The van der Waals surface area contributed by atoms with Crippen molar-refractivity contribution in [2.24, 2.45) is 7.05 Å². The average molecular weight is 420 g/mol. The first-order valence-electron chi connectivity index (χ1n) is 9.19. The summed E-state index contributed by atoms with van der Waals surface area (Å²) in [5, 5.41) is 1.30. The molecule has 9 heteroatoms. The maximum Gasteiger partial charge on any atom is 0.296 e. The van der Waals surface area contributed by atoms with E-state index in [0.717, 1.165) is 48.6 Å². The predicted octanol–water partition coefficient (Wildman–Crippen LogP) is 2.97. The van der Waals surface area contributed by atoms with Gasteiger partial charge in [0.05, 0.1) is 28.5 Å². The summed E-state index contributed by atoms with van der Waals surface area (Å²) in [6, 6.07) is 3.83. The fourth-order valence-corrected chi connectivity index (χ4v) is 4.59. The Morgan fingerprint density at radius 3 is 2.82 bits per heavy atom. The minimum atomic E-state index is -0.159. The minimum absolute atomic E-state index is 0.159. The molecule has 28 heavy (non-hydrogen) atoms. The monoisotopic (exact) mass is 419 g/mol. The Morgan fingerprint density at radius 2 is 2.14 bits per heavy atom. The van der Waals surface area contributed by atoms with Crippen molar-refractivity contribution in [2.75, 3.05) is 44.3 Å². The number of carbonyl (C=O) groups excluding carboxylic acids is 1. The molecule has 1 fully saturated rings. The van der Waals surface area contributed by atoms with Gasteiger partial charge >= 0.3 is 0 Å². The van der Waals surface area contributed by atoms with Gasteiger partial charge in [0.2, 0.25) is 0 Å². The summed E-state index contributed by atoms with van der Waals surface area (Å²) < 4.78 is 8.05. The Bertz CT molecular complexity index is 957. The lowest BCUT2D eigenvalue weighted by atomic mass is 10.2. The molecule has 0 unspecified atom stereocenters. The second-order valence-corrected chi connectivity index (χ2v) is 8.20. The first-order chi connectivity index (χ1) is 13.5. The third-order valence-electron chi connectivity index (χ3n) is 4.92. The van der Waals surface area contributed by atoms with Crippen molar-refractivity contribution in [1.82, 2.24) is 19.4 Å². The number of carbonyl (C=O) groups is 1. The largest absolute Gasteiger partial charge is 0.379 e. The zero-order chi connectivity index (χ0) is 19.7. The second kappa shape index (κ2) is 8.16. The maximum absolute atomic E-state index is 13.3. The standard InChI is InChI=1S/C19H22ClN5O2S/c1-13-3-4-14(20)16-15(13)22-19(28-16)25(8-7-24-9-11-27-12-10-24)18(26)17-21-5-6-23(17)2/h3-6H,7-12H2,1-2H3. The normalized spacial score (nSPS) is 15.2. The Morgan fingerprint density at radius 1 is 1.36 bits per heavy atom. The van der Waals surface area contributed by atoms with E-state index in [9.17, 15) is 4.79 Å². The van der Waals surface area contributed by atoms with Crippen molar-refractivity contribution in [2.45, 2.75) is 6.92 Å². The lowest BCUT2D eigenvalue weighted by Crippen LogP contribution is -2.43. The fraction of sp³-hybridized carbons (Fsp3) is 0.421. The smallest absolute Gasteiger partial charge is 0.296 e. The van der Waals surface area contributed by atoms with Crippen LogP contribution in [0.1, 0.15) is 16.2 Å². The lowest BCUT2D eigenvalue weighted by Gasteiger charge is -2.29. The number of imidazole rings is 1. The van der Waals surface area contributed by atoms with Crippen LogP contribution < -0.4 is 4.90 Å². The molecule has 3 aromatic rings. The molecule has 148 valence electrons. The molecule has 0 radical (unpaired) electrons. The molecule has 0 atom stereocenters. The number of aromatic nitrogens is 3. The minimum Gasteiger partial charge on any atom is -0.379 e. The number of rotatable bonds is 5. The van der Waals surface area contributed by atoms with Gasteiger partial charge in [0.15, 0.2) is 11.0 Å². The van der Waals surface area contributed by atoms with Gasteiger partial charge in [0.25, 0.3) is 5.91 Å². The number of anilines is 1. The number of fused-ring (bicyclic) bond motifs is 1. The third-order valence-corrected chi connectivity index (χ3v) is 6.46. The van der Waals surface area contributed by atoms with Crippen molar-refractivity contribution in [1.29, 1.82) is 0 Å². The van der Waals surface area contributed by atoms with Crippen LogP contribution in [0.15, 0.2) is 24.5 Å². The van der Waals surface area contributed by atoms with Crippen LogP contribution in [-0.4, -0.2) is 64.7 Å². The zero-order valence-electron chi connectivity index (χ0n) is 15.9. The summed E-state index contributed by atoms with van der Waals surface area (Å²) >= 11 is 7.82. The van der Waals surface area contributed by atoms with Gasteiger partial charge in [0.1, 0.15) is 0 Å². The highest BCUT2D eigenvalue weighted by molar-refractivity contribution is 7.23. The van der Waals surface area contributed by atoms with Crippen LogP contribution >= 0.6 is 22.9 Å². The topological polar surface area (TPSA) is 63.5 Å². The van der Waals surface area contributed by atoms with E-state index in [2.05, 4.69) is 9.88 Å². The highest BCUT2D eigenvalue weighted by Crippen LogP contribution is 2.36. The van der Waals surface area contributed by atoms with E-state index >= 15 is 0 Å². The summed E-state index contributed by atoms with van der Waals surface area (Å²) in [6.07, 6.45) is 3.40. The highest BCUT2D eigenvalue weighted by Gasteiger charge is 2.26. The van der Waals surface area contributed by atoms with Crippen LogP contribution in [0.4, 0.5) is 5.13 Å². The molecule has 1 amide bonds. The molecule has 1 aliphatic heterocycles. The van der Waals surface area contributed by atoms with E-state index in [0.29, 0.717) is 22.5 Å². The zero-order valence-corrected chi connectivity index (χ0v) is 17.5. The van der Waals surface area contributed by atoms with Crippen LogP contribution in [0.5, 0.6) is 0 Å². The first kappa shape index (κ1) is 19.3. The van der Waals surface area contributed by atoms with E-state index < -0.39 is 0 Å². The van der Waals surface area contributed by atoms with Gasteiger partial charge in [-0.05, 0) is 18.6 Å². The van der Waals surface area contributed by atoms with Gasteiger partial charge in [-0.25, -0.2) is 9.97 Å². The molecule has 7 nitrogen and oxygen atoms in total. The molecule has 1 aliphatic rings. The van der Waals surface area contributed by atoms with Crippen molar-refractivity contribution in [3.63, 3.8) is 0 Å². The second-order valence-electron chi connectivity index (χ2n) is 6.81. The molecule has 0 N–H and O–H groups in total. The molecule has 0 bridgehead atoms. The fourth-order valence-electron chi connectivity index (χ4n) is 3.25. The number of hydrogen-bond acceptors (Lipinski definition) is 6. The van der Waals surface area contributed by atoms with Gasteiger partial charge in [0, 0.05) is 45.6 Å². The SMILES string of the molecule is Cc1ccc(Cl)c2sc(N(CCN3CCOCC3)C(=O)c3nccn3C)nc12. The number of halogens is 1. The molecule has 0 spiro atoms. The lowest BCUT2D eigenvalue weighted by molar-refractivity contribution is 0.0390. The number of thiazole rings is 1. The van der Waals surface area contributed by atoms with E-state index in [1.54, 1.807) is 21.9 Å². The number of aryl methyl sites for hydroxylation is 2. The first-order valence-corrected chi connectivity index (χ1v) is 10.4. The van der Waals surface area contributed by atoms with Crippen LogP contribution in [-0.2, 0) is 11.8 Å². The summed E-state index contributed by atoms with van der Waals surface area (Å²) in [5.74, 6) is 0.234. The number of morpholine rings is 1. The molecular weight excluding hydrogens is 398 g/mol. The predicted molar refractivity (Wildman–Crippen MR) is 112 cm³/mol. The van der Waals surface area contributed by atoms with Crippen LogP contribution in [0.25, 0.3) is 10.2 Å². The number of amides is 1. The summed E-state index contributed by atoms with van der Waals surface area (Å²) in [7, 11) is 1.82. The molecule has 0 saturated carbocycles. The van der Waals surface area contributed by atoms with Crippen molar-refractivity contribution < 1.29 is 9.53 Å². The van der Waals surface area contributed by atoms with Gasteiger partial charge in [-0.15, -0.1) is 0 Å². The van der Waals surface area contributed by atoms with Crippen molar-refractivity contribution in [3.8, 4) is 0 Å². The summed E-state index contributed by atoms with van der Waals surface area (Å²) in [5.41, 5.74) is 1.89. The van der Waals surface area contributed by atoms with Crippen LogP contribution in [0.3, 0.4) is 0 Å². The van der Waals surface area contributed by atoms with Gasteiger partial charge in [-0.1, -0.05) is 29.0 Å². The molecule has 4 rings (SSSR count). The van der Waals surface area contributed by atoms with E-state index in [-0.39, 0.29) is 5.91 Å². The van der Waals surface area contributed by atoms with Crippen LogP contribution in [0, 0.1) is 6.92 Å². The Kier molecular flexibility index (Phi) is 5.63. The van der Waals surface area contributed by atoms with Crippen molar-refractivity contribution >= 4 is 44.2 Å². The van der Waals surface area contributed by atoms with Crippen molar-refractivity contribution in [3.05, 3.63) is 40.9 Å². The van der Waals surface area contributed by atoms with Gasteiger partial charge in [-0.3, -0.25) is 14.6 Å². The molecule has 3 heterocycles. The summed E-state index contributed by atoms with van der Waals surface area (Å²) in [6.45, 7) is 6.47. The molecule has 0 aliphatic carbocycles. The van der Waals surface area contributed by atoms with Crippen LogP contribution in [0.2, 0.25) is 5.02 Å². The van der Waals surface area contributed by atoms with Gasteiger partial charge in [-0.2, -0.15) is 0 Å². The number of benzene rings is 1. The third kappa shape index (κ3) is 3.77. The Balaban J connectivity index is 1.67. The Labute approximate surface area is 172 Å². The molecule has 1 saturated heterocycles. The molecule has 2 aromatic heterocycles. The quantitative estimate of drug-likeness (QED) is 0.636. The van der Waals surface area contributed by atoms with Gasteiger partial charge < -0.3 is 9.30 Å². The number of hydrogen-bond donors (Lipinski definition) is 0. The molecular formula is C19H22ClN5O2S. The highest BCUT2D eigenvalue weighted by atomic mass is 35.5. The van der Waals surface area contributed by atoms with E-state index in [1.807, 2.05) is 26.1 Å². The maximum atomic E-state index is 13.3. The van der Waals surface area contributed by atoms with E-state index in [1.165, 1.54) is 11.3 Å². The molecule has 1 aromatic carbocycles. The Hall–Kier alpha value is -2.00. The average Bonchev–Trinajstić information content (AvgIpc) is 3.33. The van der Waals surface area contributed by atoms with E-state index in [4.69, 9.17) is 21.3 Å².